The summed E-state index contributed by atoms with van der Waals surface area (Å²) in [6, 6.07) is 19.6. The standard InChI is InChI=1S/C28H23N5O/c1-4-10-20-13-8-14-24-22(20)17-23(21-11-6-5-7-12-21)26(31-24)19(3)30-28(34)25-18(2)32-33-16-9-15-29-27(25)33/h5-9,11-17,19H,1-3H3,(H,30,34)/t19-/m0/s1. The van der Waals surface area contributed by atoms with Crippen molar-refractivity contribution in [2.24, 2.45) is 0 Å². The lowest BCUT2D eigenvalue weighted by Crippen LogP contribution is -2.28. The van der Waals surface area contributed by atoms with Gasteiger partial charge in [0.15, 0.2) is 5.65 Å². The van der Waals surface area contributed by atoms with Crippen molar-refractivity contribution in [3.05, 3.63) is 95.6 Å². The molecule has 0 saturated heterocycles. The van der Waals surface area contributed by atoms with Crippen LogP contribution >= 0.6 is 0 Å². The number of nitrogens with one attached hydrogen (secondary N) is 1. The predicted molar refractivity (Wildman–Crippen MR) is 133 cm³/mol. The van der Waals surface area contributed by atoms with E-state index in [4.69, 9.17) is 4.98 Å². The van der Waals surface area contributed by atoms with Crippen LogP contribution < -0.4 is 5.32 Å². The molecule has 6 heteroatoms. The number of rotatable bonds is 4. The van der Waals surface area contributed by atoms with Crippen molar-refractivity contribution in [2.75, 3.05) is 0 Å². The molecule has 34 heavy (non-hydrogen) atoms. The first-order chi connectivity index (χ1) is 16.6. The normalized spacial score (nSPS) is 11.7. The van der Waals surface area contributed by atoms with Crippen LogP contribution in [-0.4, -0.2) is 25.5 Å². The van der Waals surface area contributed by atoms with Gasteiger partial charge in [0.1, 0.15) is 5.56 Å². The highest BCUT2D eigenvalue weighted by atomic mass is 16.1. The molecule has 2 aromatic carbocycles. The molecule has 0 aliphatic heterocycles. The molecular formula is C28H23N5O. The number of aryl methyl sites for hydroxylation is 1. The fraction of sp³-hybridized carbons (Fsp3) is 0.143. The summed E-state index contributed by atoms with van der Waals surface area (Å²) in [7, 11) is 0. The van der Waals surface area contributed by atoms with E-state index in [1.54, 1.807) is 23.0 Å². The molecule has 3 heterocycles. The molecule has 0 fully saturated rings. The summed E-state index contributed by atoms with van der Waals surface area (Å²) >= 11 is 0. The largest absolute Gasteiger partial charge is 0.344 e. The van der Waals surface area contributed by atoms with Crippen LogP contribution in [0.3, 0.4) is 0 Å². The van der Waals surface area contributed by atoms with Crippen molar-refractivity contribution in [2.45, 2.75) is 26.8 Å². The summed E-state index contributed by atoms with van der Waals surface area (Å²) in [6.07, 6.45) is 3.44. The molecule has 0 unspecified atom stereocenters. The highest BCUT2D eigenvalue weighted by molar-refractivity contribution is 6.01. The smallest absolute Gasteiger partial charge is 0.257 e. The van der Waals surface area contributed by atoms with E-state index in [1.165, 1.54) is 0 Å². The Hall–Kier alpha value is -4.50. The molecule has 0 spiro atoms. The number of hydrogen-bond acceptors (Lipinski definition) is 4. The van der Waals surface area contributed by atoms with Gasteiger partial charge in [0.25, 0.3) is 5.91 Å². The SMILES string of the molecule is CC#Cc1cccc2nc([C@H](C)NC(=O)c3c(C)nn4cccnc34)c(-c3ccccc3)cc12. The van der Waals surface area contributed by atoms with E-state index >= 15 is 0 Å². The minimum atomic E-state index is -0.355. The van der Waals surface area contributed by atoms with Crippen molar-refractivity contribution in [3.63, 3.8) is 0 Å². The summed E-state index contributed by atoms with van der Waals surface area (Å²) in [6.45, 7) is 5.59. The molecular weight excluding hydrogens is 422 g/mol. The van der Waals surface area contributed by atoms with Crippen molar-refractivity contribution in [1.82, 2.24) is 24.9 Å². The first-order valence-corrected chi connectivity index (χ1v) is 11.1. The van der Waals surface area contributed by atoms with Crippen molar-refractivity contribution >= 4 is 22.5 Å². The summed E-state index contributed by atoms with van der Waals surface area (Å²) in [4.78, 5) is 22.7. The molecule has 0 aliphatic carbocycles. The number of carbonyl (C=O) groups is 1. The average molecular weight is 446 g/mol. The quantitative estimate of drug-likeness (QED) is 0.390. The van der Waals surface area contributed by atoms with Crippen LogP contribution in [0, 0.1) is 18.8 Å². The third-order valence-electron chi connectivity index (χ3n) is 5.79. The molecule has 0 saturated carbocycles. The van der Waals surface area contributed by atoms with Crippen molar-refractivity contribution < 1.29 is 4.79 Å². The van der Waals surface area contributed by atoms with Gasteiger partial charge < -0.3 is 5.32 Å². The lowest BCUT2D eigenvalue weighted by atomic mass is 9.96. The Morgan fingerprint density at radius 2 is 1.91 bits per heavy atom. The zero-order valence-corrected chi connectivity index (χ0v) is 19.2. The number of amides is 1. The highest BCUT2D eigenvalue weighted by Gasteiger charge is 2.23. The topological polar surface area (TPSA) is 72.2 Å². The van der Waals surface area contributed by atoms with Crippen LogP contribution in [0.15, 0.2) is 73.1 Å². The van der Waals surface area contributed by atoms with Gasteiger partial charge in [-0.05, 0) is 50.6 Å². The Morgan fingerprint density at radius 1 is 1.09 bits per heavy atom. The third kappa shape index (κ3) is 3.78. The number of hydrogen-bond donors (Lipinski definition) is 1. The van der Waals surface area contributed by atoms with Gasteiger partial charge in [-0.15, -0.1) is 5.92 Å². The van der Waals surface area contributed by atoms with Gasteiger partial charge >= 0.3 is 0 Å². The van der Waals surface area contributed by atoms with Crippen LogP contribution in [0.25, 0.3) is 27.7 Å². The fourth-order valence-electron chi connectivity index (χ4n) is 4.23. The number of fused-ring (bicyclic) bond motifs is 2. The zero-order chi connectivity index (χ0) is 23.7. The number of benzene rings is 2. The maximum Gasteiger partial charge on any atom is 0.257 e. The van der Waals surface area contributed by atoms with Gasteiger partial charge in [0.2, 0.25) is 0 Å². The minimum absolute atomic E-state index is 0.231. The second-order valence-corrected chi connectivity index (χ2v) is 8.08. The lowest BCUT2D eigenvalue weighted by Gasteiger charge is -2.19. The van der Waals surface area contributed by atoms with Gasteiger partial charge in [-0.3, -0.25) is 4.79 Å². The van der Waals surface area contributed by atoms with E-state index in [0.29, 0.717) is 16.9 Å². The van der Waals surface area contributed by atoms with Crippen LogP contribution in [0.5, 0.6) is 0 Å². The predicted octanol–water partition coefficient (Wildman–Crippen LogP) is 5.12. The molecule has 0 bridgehead atoms. The summed E-state index contributed by atoms with van der Waals surface area (Å²) in [5.74, 6) is 5.93. The number of carbonyl (C=O) groups excluding carboxylic acids is 1. The average Bonchev–Trinajstić information content (AvgIpc) is 3.20. The van der Waals surface area contributed by atoms with E-state index in [-0.39, 0.29) is 11.9 Å². The number of nitrogens with zero attached hydrogens (tertiary/aromatic N) is 4. The highest BCUT2D eigenvalue weighted by Crippen LogP contribution is 2.32. The monoisotopic (exact) mass is 445 g/mol. The maximum absolute atomic E-state index is 13.3. The Morgan fingerprint density at radius 3 is 2.71 bits per heavy atom. The zero-order valence-electron chi connectivity index (χ0n) is 19.2. The first-order valence-electron chi connectivity index (χ1n) is 11.1. The van der Waals surface area contributed by atoms with E-state index in [9.17, 15) is 4.79 Å². The molecule has 1 N–H and O–H groups in total. The molecule has 3 aromatic heterocycles. The van der Waals surface area contributed by atoms with Gasteiger partial charge in [-0.2, -0.15) is 5.10 Å². The van der Waals surface area contributed by atoms with E-state index in [1.807, 2.05) is 69.3 Å². The van der Waals surface area contributed by atoms with Crippen molar-refractivity contribution in [3.8, 4) is 23.0 Å². The third-order valence-corrected chi connectivity index (χ3v) is 5.79. The van der Waals surface area contributed by atoms with Gasteiger partial charge in [-0.1, -0.05) is 42.3 Å². The lowest BCUT2D eigenvalue weighted by molar-refractivity contribution is 0.0940. The van der Waals surface area contributed by atoms with Crippen LogP contribution in [0.2, 0.25) is 0 Å². The summed E-state index contributed by atoms with van der Waals surface area (Å²) in [5.41, 5.74) is 6.17. The minimum Gasteiger partial charge on any atom is -0.344 e. The van der Waals surface area contributed by atoms with Gasteiger partial charge in [-0.25, -0.2) is 14.5 Å². The first kappa shape index (κ1) is 21.4. The Labute approximate surface area is 197 Å². The van der Waals surface area contributed by atoms with Gasteiger partial charge in [0, 0.05) is 28.9 Å². The van der Waals surface area contributed by atoms with E-state index < -0.39 is 0 Å². The summed E-state index contributed by atoms with van der Waals surface area (Å²) < 4.78 is 1.62. The Balaban J connectivity index is 1.61. The number of aromatic nitrogens is 4. The molecule has 5 rings (SSSR count). The second kappa shape index (κ2) is 8.80. The van der Waals surface area contributed by atoms with E-state index in [0.717, 1.165) is 33.3 Å². The summed E-state index contributed by atoms with van der Waals surface area (Å²) in [5, 5.41) is 8.52. The second-order valence-electron chi connectivity index (χ2n) is 8.08. The molecule has 5 aromatic rings. The van der Waals surface area contributed by atoms with Crippen molar-refractivity contribution in [1.29, 1.82) is 0 Å². The van der Waals surface area contributed by atoms with Crippen LogP contribution in [-0.2, 0) is 0 Å². The van der Waals surface area contributed by atoms with E-state index in [2.05, 4.69) is 33.3 Å². The molecule has 1 amide bonds. The van der Waals surface area contributed by atoms with Gasteiger partial charge in [0.05, 0.1) is 22.9 Å². The van der Waals surface area contributed by atoms with Crippen LogP contribution in [0.1, 0.15) is 47.2 Å². The maximum atomic E-state index is 13.3. The Bertz CT molecular complexity index is 1590. The molecule has 0 radical (unpaired) electrons. The fourth-order valence-corrected chi connectivity index (χ4v) is 4.23. The molecule has 166 valence electrons. The Kier molecular flexibility index (Phi) is 5.52. The number of pyridine rings is 1. The van der Waals surface area contributed by atoms with Crippen LogP contribution in [0.4, 0.5) is 0 Å². The molecule has 1 atom stereocenters. The molecule has 6 nitrogen and oxygen atoms in total. The molecule has 0 aliphatic rings.